The second kappa shape index (κ2) is 3.65. The van der Waals surface area contributed by atoms with Gasteiger partial charge in [-0.2, -0.15) is 0 Å². The molecule has 0 atom stereocenters. The minimum atomic E-state index is -0.513. The molecule has 0 heterocycles. The van der Waals surface area contributed by atoms with Gasteiger partial charge < -0.3 is 5.73 Å². The van der Waals surface area contributed by atoms with E-state index in [4.69, 9.17) is 5.73 Å². The van der Waals surface area contributed by atoms with Gasteiger partial charge in [-0.1, -0.05) is 6.07 Å². The van der Waals surface area contributed by atoms with Gasteiger partial charge in [-0.3, -0.25) is 0 Å². The van der Waals surface area contributed by atoms with Gasteiger partial charge >= 0.3 is 0 Å². The maximum Gasteiger partial charge on any atom is 0.129 e. The van der Waals surface area contributed by atoms with Crippen molar-refractivity contribution in [3.63, 3.8) is 0 Å². The predicted octanol–water partition coefficient (Wildman–Crippen LogP) is 2.42. The van der Waals surface area contributed by atoms with Crippen LogP contribution in [0.1, 0.15) is 24.3 Å². The molecule has 1 aliphatic rings. The van der Waals surface area contributed by atoms with E-state index in [9.17, 15) is 8.78 Å². The molecule has 1 saturated carbocycles. The van der Waals surface area contributed by atoms with E-state index >= 15 is 0 Å². The summed E-state index contributed by atoms with van der Waals surface area (Å²) in [6.45, 7) is 0.666. The van der Waals surface area contributed by atoms with Crippen molar-refractivity contribution in [2.24, 2.45) is 11.7 Å². The lowest BCUT2D eigenvalue weighted by Crippen LogP contribution is -2.28. The van der Waals surface area contributed by atoms with E-state index in [0.29, 0.717) is 18.0 Å². The van der Waals surface area contributed by atoms with E-state index in [1.165, 1.54) is 6.07 Å². The Morgan fingerprint density at radius 3 is 2.57 bits per heavy atom. The number of benzene rings is 1. The first kappa shape index (κ1) is 9.59. The van der Waals surface area contributed by atoms with Crippen molar-refractivity contribution in [3.05, 3.63) is 35.4 Å². The van der Waals surface area contributed by atoms with Crippen molar-refractivity contribution in [1.29, 1.82) is 0 Å². The molecule has 3 heteroatoms. The molecule has 0 radical (unpaired) electrons. The summed E-state index contributed by atoms with van der Waals surface area (Å²) in [7, 11) is 0. The monoisotopic (exact) mass is 197 g/mol. The smallest absolute Gasteiger partial charge is 0.129 e. The average Bonchev–Trinajstić information content (AvgIpc) is 2.06. The van der Waals surface area contributed by atoms with Gasteiger partial charge in [0, 0.05) is 6.07 Å². The average molecular weight is 197 g/mol. The highest BCUT2D eigenvalue weighted by Gasteiger charge is 2.30. The van der Waals surface area contributed by atoms with Gasteiger partial charge in [0.15, 0.2) is 0 Å². The van der Waals surface area contributed by atoms with E-state index in [2.05, 4.69) is 0 Å². The van der Waals surface area contributed by atoms with Gasteiger partial charge in [0.1, 0.15) is 11.6 Å². The largest absolute Gasteiger partial charge is 0.330 e. The second-order valence-corrected chi connectivity index (χ2v) is 3.94. The summed E-state index contributed by atoms with van der Waals surface area (Å²) in [6, 6.07) is 3.81. The van der Waals surface area contributed by atoms with Crippen molar-refractivity contribution < 1.29 is 8.78 Å². The van der Waals surface area contributed by atoms with Crippen LogP contribution in [0.15, 0.2) is 18.2 Å². The van der Waals surface area contributed by atoms with Gasteiger partial charge in [0.05, 0.1) is 0 Å². The Bertz CT molecular complexity index is 332. The SMILES string of the molecule is NCC1CC(c2ccc(F)cc2F)C1. The van der Waals surface area contributed by atoms with Crippen LogP contribution in [0.4, 0.5) is 8.78 Å². The molecule has 0 aliphatic heterocycles. The fraction of sp³-hybridized carbons (Fsp3) is 0.455. The van der Waals surface area contributed by atoms with Crippen LogP contribution in [-0.2, 0) is 0 Å². The van der Waals surface area contributed by atoms with Crippen LogP contribution >= 0.6 is 0 Å². The maximum absolute atomic E-state index is 13.3. The van der Waals surface area contributed by atoms with Gasteiger partial charge in [-0.25, -0.2) is 8.78 Å². The second-order valence-electron chi connectivity index (χ2n) is 3.94. The normalized spacial score (nSPS) is 25.9. The third kappa shape index (κ3) is 1.64. The molecular weight excluding hydrogens is 184 g/mol. The Morgan fingerprint density at radius 1 is 1.29 bits per heavy atom. The lowest BCUT2D eigenvalue weighted by molar-refractivity contribution is 0.266. The van der Waals surface area contributed by atoms with Crippen molar-refractivity contribution in [2.45, 2.75) is 18.8 Å². The molecule has 2 rings (SSSR count). The first-order chi connectivity index (χ1) is 6.70. The Labute approximate surface area is 81.9 Å². The third-order valence-corrected chi connectivity index (χ3v) is 2.97. The Balaban J connectivity index is 2.11. The van der Waals surface area contributed by atoms with E-state index in [1.807, 2.05) is 0 Å². The zero-order valence-corrected chi connectivity index (χ0v) is 7.84. The first-order valence-electron chi connectivity index (χ1n) is 4.85. The van der Waals surface area contributed by atoms with Crippen LogP contribution in [0, 0.1) is 17.6 Å². The minimum absolute atomic E-state index is 0.240. The molecular formula is C11H13F2N. The van der Waals surface area contributed by atoms with Crippen molar-refractivity contribution >= 4 is 0 Å². The summed E-state index contributed by atoms with van der Waals surface area (Å²) in [5.74, 6) is -0.181. The molecule has 0 saturated heterocycles. The molecule has 0 aromatic heterocycles. The first-order valence-corrected chi connectivity index (χ1v) is 4.85. The lowest BCUT2D eigenvalue weighted by Gasteiger charge is -2.34. The standard InChI is InChI=1S/C11H13F2N/c12-9-1-2-10(11(13)5-9)8-3-7(4-8)6-14/h1-2,5,7-8H,3-4,6,14H2. The highest BCUT2D eigenvalue weighted by molar-refractivity contribution is 5.24. The molecule has 76 valence electrons. The molecule has 1 nitrogen and oxygen atoms in total. The number of hydrogen-bond acceptors (Lipinski definition) is 1. The number of nitrogens with two attached hydrogens (primary N) is 1. The Kier molecular flexibility index (Phi) is 2.50. The number of halogens is 2. The molecule has 1 fully saturated rings. The maximum atomic E-state index is 13.3. The molecule has 0 spiro atoms. The molecule has 0 bridgehead atoms. The van der Waals surface area contributed by atoms with Crippen LogP contribution < -0.4 is 5.73 Å². The van der Waals surface area contributed by atoms with Gasteiger partial charge in [-0.05, 0) is 42.9 Å². The molecule has 0 amide bonds. The molecule has 0 unspecified atom stereocenters. The summed E-state index contributed by atoms with van der Waals surface area (Å²) in [5, 5.41) is 0. The molecule has 2 N–H and O–H groups in total. The van der Waals surface area contributed by atoms with Crippen LogP contribution in [0.25, 0.3) is 0 Å². The van der Waals surface area contributed by atoms with Crippen molar-refractivity contribution in [1.82, 2.24) is 0 Å². The summed E-state index contributed by atoms with van der Waals surface area (Å²) < 4.78 is 25.9. The molecule has 1 aliphatic carbocycles. The summed E-state index contributed by atoms with van der Waals surface area (Å²) in [4.78, 5) is 0. The van der Waals surface area contributed by atoms with E-state index < -0.39 is 11.6 Å². The van der Waals surface area contributed by atoms with E-state index in [0.717, 1.165) is 18.9 Å². The quantitative estimate of drug-likeness (QED) is 0.774. The minimum Gasteiger partial charge on any atom is -0.330 e. The van der Waals surface area contributed by atoms with Crippen LogP contribution in [0.5, 0.6) is 0 Å². The van der Waals surface area contributed by atoms with Gasteiger partial charge in [0.2, 0.25) is 0 Å². The van der Waals surface area contributed by atoms with E-state index in [1.54, 1.807) is 6.07 Å². The van der Waals surface area contributed by atoms with Crippen molar-refractivity contribution in [2.75, 3.05) is 6.54 Å². The van der Waals surface area contributed by atoms with Crippen LogP contribution in [-0.4, -0.2) is 6.54 Å². The van der Waals surface area contributed by atoms with Gasteiger partial charge in [-0.15, -0.1) is 0 Å². The Hall–Kier alpha value is -0.960. The lowest BCUT2D eigenvalue weighted by atomic mass is 9.71. The zero-order chi connectivity index (χ0) is 10.1. The van der Waals surface area contributed by atoms with E-state index in [-0.39, 0.29) is 5.92 Å². The summed E-state index contributed by atoms with van der Waals surface area (Å²) in [6.07, 6.45) is 1.86. The highest BCUT2D eigenvalue weighted by atomic mass is 19.1. The predicted molar refractivity (Wildman–Crippen MR) is 50.9 cm³/mol. The molecule has 1 aromatic rings. The number of hydrogen-bond donors (Lipinski definition) is 1. The topological polar surface area (TPSA) is 26.0 Å². The third-order valence-electron chi connectivity index (χ3n) is 2.97. The fourth-order valence-electron chi connectivity index (χ4n) is 2.01. The summed E-state index contributed by atoms with van der Waals surface area (Å²) in [5.41, 5.74) is 6.12. The number of rotatable bonds is 2. The molecule has 1 aromatic carbocycles. The Morgan fingerprint density at radius 2 is 2.00 bits per heavy atom. The molecule has 14 heavy (non-hydrogen) atoms. The van der Waals surface area contributed by atoms with Gasteiger partial charge in [0.25, 0.3) is 0 Å². The van der Waals surface area contributed by atoms with Crippen LogP contribution in [0.2, 0.25) is 0 Å². The zero-order valence-electron chi connectivity index (χ0n) is 7.84. The highest BCUT2D eigenvalue weighted by Crippen LogP contribution is 2.41. The fourth-order valence-corrected chi connectivity index (χ4v) is 2.01. The van der Waals surface area contributed by atoms with Crippen LogP contribution in [0.3, 0.4) is 0 Å². The van der Waals surface area contributed by atoms with Crippen molar-refractivity contribution in [3.8, 4) is 0 Å². The summed E-state index contributed by atoms with van der Waals surface area (Å²) >= 11 is 0.